The number of aromatic hydroxyl groups is 1. The number of nitrogens with zero attached hydrogens (tertiary/aromatic N) is 1. The maximum atomic E-state index is 13.7. The van der Waals surface area contributed by atoms with Crippen LogP contribution in [0.1, 0.15) is 46.1 Å². The first-order chi connectivity index (χ1) is 9.18. The third-order valence-corrected chi connectivity index (χ3v) is 5.52. The van der Waals surface area contributed by atoms with Gasteiger partial charge in [-0.3, -0.25) is 14.3 Å². The van der Waals surface area contributed by atoms with Crippen molar-refractivity contribution in [3.05, 3.63) is 26.7 Å². The van der Waals surface area contributed by atoms with Crippen LogP contribution in [0.5, 0.6) is 5.88 Å². The van der Waals surface area contributed by atoms with Crippen molar-refractivity contribution in [2.45, 2.75) is 46.1 Å². The van der Waals surface area contributed by atoms with Crippen LogP contribution in [0.15, 0.2) is 9.59 Å². The van der Waals surface area contributed by atoms with Crippen LogP contribution in [0.2, 0.25) is 0 Å². The first kappa shape index (κ1) is 13.4. The van der Waals surface area contributed by atoms with Crippen LogP contribution < -0.4 is 11.2 Å². The standard InChI is InChI=1S/C14H19FN2O3/c1-13(2)7-4-5-14(3,6-7)11(13)17-10(19)8(15)9(18)16-12(17)20/h7,11,19H,4-6H2,1-3H3,(H,16,18,20). The van der Waals surface area contributed by atoms with Gasteiger partial charge in [-0.1, -0.05) is 20.8 Å². The number of H-pyrrole nitrogens is 1. The van der Waals surface area contributed by atoms with Gasteiger partial charge in [0.15, 0.2) is 0 Å². The Morgan fingerprint density at radius 2 is 2.00 bits per heavy atom. The van der Waals surface area contributed by atoms with Gasteiger partial charge in [-0.25, -0.2) is 4.79 Å². The summed E-state index contributed by atoms with van der Waals surface area (Å²) in [6.45, 7) is 6.16. The summed E-state index contributed by atoms with van der Waals surface area (Å²) >= 11 is 0. The van der Waals surface area contributed by atoms with Gasteiger partial charge in [0.1, 0.15) is 0 Å². The Bertz CT molecular complexity index is 686. The first-order valence-electron chi connectivity index (χ1n) is 6.92. The lowest BCUT2D eigenvalue weighted by atomic mass is 9.68. The van der Waals surface area contributed by atoms with Gasteiger partial charge in [-0.15, -0.1) is 0 Å². The molecule has 5 nitrogen and oxygen atoms in total. The van der Waals surface area contributed by atoms with E-state index in [0.717, 1.165) is 23.8 Å². The fourth-order valence-corrected chi connectivity index (χ4v) is 4.68. The molecule has 2 fully saturated rings. The quantitative estimate of drug-likeness (QED) is 0.824. The molecule has 1 aromatic rings. The zero-order valence-corrected chi connectivity index (χ0v) is 11.9. The largest absolute Gasteiger partial charge is 0.492 e. The molecule has 0 radical (unpaired) electrons. The summed E-state index contributed by atoms with van der Waals surface area (Å²) in [6, 6.07) is -0.312. The molecular formula is C14H19FN2O3. The fraction of sp³-hybridized carbons (Fsp3) is 0.714. The summed E-state index contributed by atoms with van der Waals surface area (Å²) in [5.41, 5.74) is -2.28. The van der Waals surface area contributed by atoms with E-state index in [1.165, 1.54) is 0 Å². The van der Waals surface area contributed by atoms with Gasteiger partial charge in [-0.2, -0.15) is 4.39 Å². The van der Waals surface area contributed by atoms with Gasteiger partial charge >= 0.3 is 5.69 Å². The molecule has 0 aromatic carbocycles. The van der Waals surface area contributed by atoms with Crippen LogP contribution in [0.3, 0.4) is 0 Å². The number of rotatable bonds is 1. The molecule has 3 rings (SSSR count). The van der Waals surface area contributed by atoms with E-state index in [1.54, 1.807) is 0 Å². The molecule has 2 bridgehead atoms. The minimum atomic E-state index is -1.29. The smallest absolute Gasteiger partial charge is 0.331 e. The molecule has 1 heterocycles. The first-order valence-corrected chi connectivity index (χ1v) is 6.92. The fourth-order valence-electron chi connectivity index (χ4n) is 4.68. The lowest BCUT2D eigenvalue weighted by Gasteiger charge is -2.43. The van der Waals surface area contributed by atoms with E-state index < -0.39 is 22.9 Å². The van der Waals surface area contributed by atoms with Crippen molar-refractivity contribution in [2.24, 2.45) is 16.7 Å². The van der Waals surface area contributed by atoms with E-state index in [-0.39, 0.29) is 16.9 Å². The SMILES string of the molecule is CC12CCC(C1)C(C)(C)C2n1c(O)c(F)c(=O)[nH]c1=O. The summed E-state index contributed by atoms with van der Waals surface area (Å²) in [7, 11) is 0. The van der Waals surface area contributed by atoms with E-state index in [0.29, 0.717) is 5.92 Å². The van der Waals surface area contributed by atoms with Crippen molar-refractivity contribution in [2.75, 3.05) is 0 Å². The molecule has 20 heavy (non-hydrogen) atoms. The van der Waals surface area contributed by atoms with Gasteiger partial charge < -0.3 is 5.11 Å². The maximum absolute atomic E-state index is 13.7. The highest BCUT2D eigenvalue weighted by molar-refractivity contribution is 5.18. The van der Waals surface area contributed by atoms with E-state index >= 15 is 0 Å². The number of hydrogen-bond donors (Lipinski definition) is 2. The molecule has 6 heteroatoms. The van der Waals surface area contributed by atoms with Crippen LogP contribution in [0, 0.1) is 22.6 Å². The van der Waals surface area contributed by atoms with Gasteiger partial charge in [0.25, 0.3) is 5.56 Å². The average molecular weight is 282 g/mol. The number of fused-ring (bicyclic) bond motifs is 2. The van der Waals surface area contributed by atoms with Crippen molar-refractivity contribution >= 4 is 0 Å². The molecule has 0 amide bonds. The number of aromatic nitrogens is 2. The molecule has 1 aromatic heterocycles. The van der Waals surface area contributed by atoms with Gasteiger partial charge in [0, 0.05) is 0 Å². The monoisotopic (exact) mass is 282 g/mol. The van der Waals surface area contributed by atoms with E-state index in [2.05, 4.69) is 6.92 Å². The molecule has 2 saturated carbocycles. The minimum absolute atomic E-state index is 0.153. The lowest BCUT2D eigenvalue weighted by Crippen LogP contribution is -2.44. The zero-order chi connectivity index (χ0) is 14.9. The number of hydrogen-bond acceptors (Lipinski definition) is 3. The highest BCUT2D eigenvalue weighted by atomic mass is 19.1. The predicted octanol–water partition coefficient (Wildman–Crippen LogP) is 1.77. The Morgan fingerprint density at radius 3 is 2.55 bits per heavy atom. The Hall–Kier alpha value is -1.59. The van der Waals surface area contributed by atoms with Crippen molar-refractivity contribution in [3.63, 3.8) is 0 Å². The molecule has 3 atom stereocenters. The molecule has 0 aliphatic heterocycles. The Morgan fingerprint density at radius 1 is 1.35 bits per heavy atom. The third-order valence-electron chi connectivity index (χ3n) is 5.52. The van der Waals surface area contributed by atoms with Gasteiger partial charge in [-0.05, 0) is 36.0 Å². The van der Waals surface area contributed by atoms with Crippen molar-refractivity contribution in [1.82, 2.24) is 9.55 Å². The molecule has 2 aliphatic carbocycles. The second kappa shape index (κ2) is 3.74. The Balaban J connectivity index is 2.27. The van der Waals surface area contributed by atoms with Crippen LogP contribution >= 0.6 is 0 Å². The topological polar surface area (TPSA) is 75.1 Å². The van der Waals surface area contributed by atoms with E-state index in [1.807, 2.05) is 18.8 Å². The predicted molar refractivity (Wildman–Crippen MR) is 71.2 cm³/mol. The van der Waals surface area contributed by atoms with Crippen molar-refractivity contribution < 1.29 is 9.50 Å². The van der Waals surface area contributed by atoms with E-state index in [9.17, 15) is 19.1 Å². The number of halogens is 1. The molecule has 3 unspecified atom stereocenters. The summed E-state index contributed by atoms with van der Waals surface area (Å²) in [5.74, 6) is -1.68. The lowest BCUT2D eigenvalue weighted by molar-refractivity contribution is 0.0706. The molecule has 0 spiro atoms. The second-order valence-electron chi connectivity index (χ2n) is 7.08. The zero-order valence-electron chi connectivity index (χ0n) is 11.9. The highest BCUT2D eigenvalue weighted by Gasteiger charge is 2.61. The second-order valence-corrected chi connectivity index (χ2v) is 7.08. The maximum Gasteiger partial charge on any atom is 0.331 e. The molecule has 0 saturated heterocycles. The Labute approximate surface area is 115 Å². The minimum Gasteiger partial charge on any atom is -0.492 e. The summed E-state index contributed by atoms with van der Waals surface area (Å²) in [4.78, 5) is 25.3. The summed E-state index contributed by atoms with van der Waals surface area (Å²) in [6.07, 6.45) is 2.98. The average Bonchev–Trinajstić information content (AvgIpc) is 2.82. The van der Waals surface area contributed by atoms with Crippen molar-refractivity contribution in [1.29, 1.82) is 0 Å². The number of nitrogens with one attached hydrogen (secondary N) is 1. The molecular weight excluding hydrogens is 263 g/mol. The number of aromatic amines is 1. The van der Waals surface area contributed by atoms with Gasteiger partial charge in [0.05, 0.1) is 6.04 Å². The summed E-state index contributed by atoms with van der Waals surface area (Å²) < 4.78 is 14.7. The molecule has 110 valence electrons. The third kappa shape index (κ3) is 1.47. The van der Waals surface area contributed by atoms with Crippen LogP contribution in [-0.2, 0) is 0 Å². The molecule has 2 N–H and O–H groups in total. The van der Waals surface area contributed by atoms with Crippen LogP contribution in [0.25, 0.3) is 0 Å². The molecule has 2 aliphatic rings. The van der Waals surface area contributed by atoms with Crippen LogP contribution in [-0.4, -0.2) is 14.7 Å². The highest BCUT2D eigenvalue weighted by Crippen LogP contribution is 2.68. The summed E-state index contributed by atoms with van der Waals surface area (Å²) in [5, 5.41) is 9.96. The normalized spacial score (nSPS) is 34.6. The van der Waals surface area contributed by atoms with E-state index in [4.69, 9.17) is 0 Å². The van der Waals surface area contributed by atoms with Crippen LogP contribution in [0.4, 0.5) is 4.39 Å². The van der Waals surface area contributed by atoms with Gasteiger partial charge in [0.2, 0.25) is 11.7 Å². The van der Waals surface area contributed by atoms with Crippen molar-refractivity contribution in [3.8, 4) is 5.88 Å². The Kier molecular flexibility index (Phi) is 2.50.